The highest BCUT2D eigenvalue weighted by atomic mass is 16.7. The van der Waals surface area contributed by atoms with Gasteiger partial charge in [0.25, 0.3) is 5.79 Å². The lowest BCUT2D eigenvalue weighted by atomic mass is 9.65. The Balaban J connectivity index is 1.83. The molecule has 0 radical (unpaired) electrons. The van der Waals surface area contributed by atoms with E-state index in [0.29, 0.717) is 5.56 Å². The van der Waals surface area contributed by atoms with Gasteiger partial charge in [-0.3, -0.25) is 19.4 Å². The van der Waals surface area contributed by atoms with Crippen LogP contribution in [0.3, 0.4) is 0 Å². The first kappa shape index (κ1) is 19.5. The number of Topliss-reactive ketones (excluding diaryl/α,β-unsaturated/α-hetero) is 1. The molecule has 1 spiro atoms. The van der Waals surface area contributed by atoms with Gasteiger partial charge in [0.15, 0.2) is 5.78 Å². The molecule has 3 aliphatic rings. The van der Waals surface area contributed by atoms with Gasteiger partial charge in [-0.1, -0.05) is 54.6 Å². The number of hydrogen-bond donors (Lipinski definition) is 0. The zero-order chi connectivity index (χ0) is 22.0. The molecule has 7 nitrogen and oxygen atoms in total. The molecule has 0 saturated carbocycles. The summed E-state index contributed by atoms with van der Waals surface area (Å²) >= 11 is 0. The third kappa shape index (κ3) is 2.59. The highest BCUT2D eigenvalue weighted by Gasteiger charge is 2.74. The number of ketones is 1. The lowest BCUT2D eigenvalue weighted by Crippen LogP contribution is -2.58. The minimum Gasteiger partial charge on any atom is -0.422 e. The summed E-state index contributed by atoms with van der Waals surface area (Å²) in [6.45, 7) is 4.50. The molecule has 0 unspecified atom stereocenters. The molecule has 0 N–H and O–H groups in total. The van der Waals surface area contributed by atoms with Crippen LogP contribution in [0.25, 0.3) is 0 Å². The van der Waals surface area contributed by atoms with Crippen molar-refractivity contribution in [2.75, 3.05) is 0 Å². The summed E-state index contributed by atoms with van der Waals surface area (Å²) in [6.07, 6.45) is 1.66. The fourth-order valence-electron chi connectivity index (χ4n) is 5.20. The fourth-order valence-corrected chi connectivity index (χ4v) is 5.20. The smallest absolute Gasteiger partial charge is 0.330 e. The number of esters is 2. The Kier molecular flexibility index (Phi) is 4.09. The van der Waals surface area contributed by atoms with Gasteiger partial charge in [-0.2, -0.15) is 5.10 Å². The van der Waals surface area contributed by atoms with Gasteiger partial charge in [0.05, 0.1) is 6.21 Å². The average molecular weight is 418 g/mol. The molecule has 7 heteroatoms. The normalized spacial score (nSPS) is 27.3. The Morgan fingerprint density at radius 1 is 0.968 bits per heavy atom. The molecule has 3 heterocycles. The first-order valence-electron chi connectivity index (χ1n) is 10.2. The summed E-state index contributed by atoms with van der Waals surface area (Å²) in [4.78, 5) is 40.4. The van der Waals surface area contributed by atoms with E-state index in [9.17, 15) is 14.4 Å². The molecule has 2 aromatic carbocycles. The molecule has 0 amide bonds. The minimum atomic E-state index is -1.78. The Morgan fingerprint density at radius 3 is 2.23 bits per heavy atom. The van der Waals surface area contributed by atoms with Gasteiger partial charge in [-0.15, -0.1) is 0 Å². The lowest BCUT2D eigenvalue weighted by molar-refractivity contribution is -0.254. The maximum absolute atomic E-state index is 13.7. The summed E-state index contributed by atoms with van der Waals surface area (Å²) in [5.41, 5.74) is 0.417. The SMILES string of the molecule is CC(=O)[C@H]1[C@H](c2ccccc2)C2(C(=O)OC(C)(C)OC2=O)[C@@H]2c3ccccc3C=NN21. The van der Waals surface area contributed by atoms with Crippen molar-refractivity contribution in [3.05, 3.63) is 71.3 Å². The van der Waals surface area contributed by atoms with E-state index in [4.69, 9.17) is 9.47 Å². The van der Waals surface area contributed by atoms with E-state index in [1.54, 1.807) is 11.2 Å². The zero-order valence-electron chi connectivity index (χ0n) is 17.4. The molecule has 31 heavy (non-hydrogen) atoms. The van der Waals surface area contributed by atoms with Crippen molar-refractivity contribution in [2.45, 2.75) is 44.6 Å². The van der Waals surface area contributed by atoms with Crippen LogP contribution in [0.15, 0.2) is 59.7 Å². The maximum Gasteiger partial charge on any atom is 0.330 e. The van der Waals surface area contributed by atoms with Crippen molar-refractivity contribution >= 4 is 23.9 Å². The largest absolute Gasteiger partial charge is 0.422 e. The van der Waals surface area contributed by atoms with Crippen LogP contribution < -0.4 is 0 Å². The van der Waals surface area contributed by atoms with E-state index < -0.39 is 41.1 Å². The summed E-state index contributed by atoms with van der Waals surface area (Å²) in [5.74, 6) is -3.81. The molecule has 158 valence electrons. The maximum atomic E-state index is 13.7. The van der Waals surface area contributed by atoms with Gasteiger partial charge in [-0.25, -0.2) is 0 Å². The summed E-state index contributed by atoms with van der Waals surface area (Å²) in [5, 5.41) is 6.12. The first-order valence-corrected chi connectivity index (χ1v) is 10.2. The molecule has 2 saturated heterocycles. The van der Waals surface area contributed by atoms with Crippen LogP contribution in [-0.2, 0) is 23.9 Å². The quantitative estimate of drug-likeness (QED) is 0.551. The van der Waals surface area contributed by atoms with Crippen molar-refractivity contribution in [1.29, 1.82) is 0 Å². The second kappa shape index (κ2) is 6.51. The fraction of sp³-hybridized carbons (Fsp3) is 0.333. The van der Waals surface area contributed by atoms with Gasteiger partial charge in [0.2, 0.25) is 5.41 Å². The monoisotopic (exact) mass is 418 g/mol. The summed E-state index contributed by atoms with van der Waals surface area (Å²) in [6, 6.07) is 14.9. The first-order chi connectivity index (χ1) is 14.8. The second-order valence-electron chi connectivity index (χ2n) is 8.65. The van der Waals surface area contributed by atoms with Gasteiger partial charge in [-0.05, 0) is 23.6 Å². The number of hydrazone groups is 1. The molecule has 2 aromatic rings. The molecular weight excluding hydrogens is 396 g/mol. The van der Waals surface area contributed by atoms with Crippen molar-refractivity contribution in [3.63, 3.8) is 0 Å². The van der Waals surface area contributed by atoms with Gasteiger partial charge in [0.1, 0.15) is 12.1 Å². The van der Waals surface area contributed by atoms with Crippen molar-refractivity contribution in [1.82, 2.24) is 5.01 Å². The standard InChI is InChI=1S/C24H22N2O5/c1-14(27)19-18(15-9-5-4-6-10-15)24(21(28)30-23(2,3)31-22(24)29)20-17-12-8-7-11-16(17)13-25-26(19)20/h4-13,18-20H,1-3H3/t18-,19-,20-/m0/s1. The van der Waals surface area contributed by atoms with E-state index in [1.165, 1.54) is 20.8 Å². The summed E-state index contributed by atoms with van der Waals surface area (Å²) < 4.78 is 11.3. The zero-order valence-corrected chi connectivity index (χ0v) is 17.4. The molecule has 0 aromatic heterocycles. The number of cyclic esters (lactones) is 2. The lowest BCUT2D eigenvalue weighted by Gasteiger charge is -2.44. The molecule has 3 atom stereocenters. The molecular formula is C24H22N2O5. The van der Waals surface area contributed by atoms with Crippen LogP contribution in [0, 0.1) is 5.41 Å². The van der Waals surface area contributed by atoms with E-state index in [-0.39, 0.29) is 5.78 Å². The van der Waals surface area contributed by atoms with E-state index >= 15 is 0 Å². The van der Waals surface area contributed by atoms with Crippen LogP contribution in [0.5, 0.6) is 0 Å². The van der Waals surface area contributed by atoms with Crippen molar-refractivity contribution < 1.29 is 23.9 Å². The van der Waals surface area contributed by atoms with E-state index in [2.05, 4.69) is 5.10 Å². The Labute approximate surface area is 179 Å². The average Bonchev–Trinajstić information content (AvgIpc) is 3.05. The highest BCUT2D eigenvalue weighted by Crippen LogP contribution is 2.62. The number of carbonyl (C=O) groups excluding carboxylic acids is 3. The predicted octanol–water partition coefficient (Wildman–Crippen LogP) is 2.95. The molecule has 5 rings (SSSR count). The third-order valence-electron chi connectivity index (χ3n) is 6.34. The minimum absolute atomic E-state index is 0.197. The molecule has 0 aliphatic carbocycles. The number of rotatable bonds is 2. The Morgan fingerprint density at radius 2 is 1.58 bits per heavy atom. The van der Waals surface area contributed by atoms with Crippen LogP contribution >= 0.6 is 0 Å². The van der Waals surface area contributed by atoms with Gasteiger partial charge in [0, 0.05) is 19.8 Å². The number of carbonyl (C=O) groups is 3. The van der Waals surface area contributed by atoms with Crippen LogP contribution in [0.2, 0.25) is 0 Å². The summed E-state index contributed by atoms with van der Waals surface area (Å²) in [7, 11) is 0. The van der Waals surface area contributed by atoms with Crippen LogP contribution in [0.4, 0.5) is 0 Å². The molecule has 0 bridgehead atoms. The van der Waals surface area contributed by atoms with Crippen molar-refractivity contribution in [3.8, 4) is 0 Å². The Bertz CT molecular complexity index is 1100. The van der Waals surface area contributed by atoms with Gasteiger partial charge < -0.3 is 9.47 Å². The Hall–Kier alpha value is -3.48. The molecule has 3 aliphatic heterocycles. The number of benzene rings is 2. The van der Waals surface area contributed by atoms with Gasteiger partial charge >= 0.3 is 11.9 Å². The van der Waals surface area contributed by atoms with Crippen LogP contribution in [0.1, 0.15) is 49.4 Å². The third-order valence-corrected chi connectivity index (χ3v) is 6.34. The van der Waals surface area contributed by atoms with E-state index in [1.807, 2.05) is 54.6 Å². The van der Waals surface area contributed by atoms with Crippen LogP contribution in [-0.4, -0.2) is 40.8 Å². The number of fused-ring (bicyclic) bond motifs is 4. The number of ether oxygens (including phenoxy) is 2. The number of hydrogen-bond acceptors (Lipinski definition) is 7. The van der Waals surface area contributed by atoms with E-state index in [0.717, 1.165) is 11.1 Å². The number of nitrogens with zero attached hydrogens (tertiary/aromatic N) is 2. The topological polar surface area (TPSA) is 85.3 Å². The highest BCUT2D eigenvalue weighted by molar-refractivity contribution is 6.07. The second-order valence-corrected chi connectivity index (χ2v) is 8.65. The molecule has 2 fully saturated rings. The van der Waals surface area contributed by atoms with Crippen molar-refractivity contribution in [2.24, 2.45) is 10.5 Å². The predicted molar refractivity (Wildman–Crippen MR) is 111 cm³/mol.